The molecular formula is C28H20BBrF6N4O2. The molecule has 0 bridgehead atoms. The number of anilines is 2. The van der Waals surface area contributed by atoms with Crippen LogP contribution in [0.15, 0.2) is 89.4 Å². The third-order valence-corrected chi connectivity index (χ3v) is 5.86. The molecule has 0 aliphatic heterocycles. The fraction of sp³-hybridized carbons (Fsp3) is 0.0714. The number of nitrogen functional groups attached to an aromatic ring is 2. The van der Waals surface area contributed by atoms with Crippen molar-refractivity contribution in [2.75, 3.05) is 11.5 Å². The van der Waals surface area contributed by atoms with Crippen LogP contribution >= 0.6 is 15.9 Å². The van der Waals surface area contributed by atoms with Crippen molar-refractivity contribution in [3.05, 3.63) is 112 Å². The number of nitriles is 2. The molecule has 0 atom stereocenters. The lowest BCUT2D eigenvalue weighted by molar-refractivity contribution is -0.137. The lowest BCUT2D eigenvalue weighted by Gasteiger charge is -2.12. The summed E-state index contributed by atoms with van der Waals surface area (Å²) in [5, 5.41) is 34.4. The van der Waals surface area contributed by atoms with Crippen molar-refractivity contribution in [1.29, 1.82) is 10.5 Å². The number of alkyl halides is 6. The van der Waals surface area contributed by atoms with Gasteiger partial charge in [0.2, 0.25) is 0 Å². The topological polar surface area (TPSA) is 140 Å². The minimum Gasteiger partial charge on any atom is -0.423 e. The quantitative estimate of drug-likeness (QED) is 0.117. The maximum absolute atomic E-state index is 12.7. The molecule has 0 heterocycles. The van der Waals surface area contributed by atoms with Crippen LogP contribution in [0.5, 0.6) is 0 Å². The second-order valence-corrected chi connectivity index (χ2v) is 9.24. The van der Waals surface area contributed by atoms with E-state index in [9.17, 15) is 26.3 Å². The summed E-state index contributed by atoms with van der Waals surface area (Å²) in [4.78, 5) is 0. The van der Waals surface area contributed by atoms with Crippen molar-refractivity contribution < 1.29 is 36.4 Å². The van der Waals surface area contributed by atoms with Crippen molar-refractivity contribution in [1.82, 2.24) is 0 Å². The largest absolute Gasteiger partial charge is 0.488 e. The molecule has 0 saturated heterocycles. The van der Waals surface area contributed by atoms with Gasteiger partial charge in [-0.15, -0.1) is 0 Å². The molecule has 0 saturated carbocycles. The van der Waals surface area contributed by atoms with Gasteiger partial charge in [0.05, 0.1) is 34.4 Å². The Morgan fingerprint density at radius 1 is 0.619 bits per heavy atom. The number of rotatable bonds is 2. The number of hydrogen-bond donors (Lipinski definition) is 4. The number of nitrogens with zero attached hydrogens (tertiary/aromatic N) is 2. The first-order valence-electron chi connectivity index (χ1n) is 11.5. The molecule has 14 heteroatoms. The summed E-state index contributed by atoms with van der Waals surface area (Å²) >= 11 is 2.93. The average Bonchev–Trinajstić information content (AvgIpc) is 2.94. The predicted octanol–water partition coefficient (Wildman–Crippen LogP) is 6.11. The highest BCUT2D eigenvalue weighted by molar-refractivity contribution is 9.10. The third-order valence-electron chi connectivity index (χ3n) is 5.36. The number of nitrogens with two attached hydrogens (primary N) is 2. The summed E-state index contributed by atoms with van der Waals surface area (Å²) in [5.74, 6) is 0. The molecule has 0 spiro atoms. The highest BCUT2D eigenvalue weighted by Gasteiger charge is 2.33. The molecule has 0 amide bonds. The summed E-state index contributed by atoms with van der Waals surface area (Å²) < 4.78 is 75.0. The average molecular weight is 649 g/mol. The van der Waals surface area contributed by atoms with Crippen LogP contribution in [-0.2, 0) is 12.4 Å². The highest BCUT2D eigenvalue weighted by atomic mass is 79.9. The van der Waals surface area contributed by atoms with E-state index in [-0.39, 0.29) is 11.4 Å². The molecule has 42 heavy (non-hydrogen) atoms. The molecule has 216 valence electrons. The van der Waals surface area contributed by atoms with Gasteiger partial charge in [-0.1, -0.05) is 46.3 Å². The van der Waals surface area contributed by atoms with Crippen molar-refractivity contribution >= 4 is 39.9 Å². The van der Waals surface area contributed by atoms with Gasteiger partial charge in [0.1, 0.15) is 0 Å². The van der Waals surface area contributed by atoms with Gasteiger partial charge in [0, 0.05) is 15.8 Å². The van der Waals surface area contributed by atoms with Gasteiger partial charge in [0.15, 0.2) is 0 Å². The van der Waals surface area contributed by atoms with E-state index < -0.39 is 30.6 Å². The lowest BCUT2D eigenvalue weighted by atomic mass is 9.80. The van der Waals surface area contributed by atoms with Crippen LogP contribution in [0, 0.1) is 22.7 Å². The van der Waals surface area contributed by atoms with E-state index in [0.29, 0.717) is 32.2 Å². The minimum absolute atomic E-state index is 0.259. The van der Waals surface area contributed by atoms with Crippen LogP contribution < -0.4 is 16.9 Å². The standard InChI is InChI=1S/C14H9F3N2.C7H6BNO2.C7H5BrF3N/c15-14(16,17)12-7-11(5-6-13(12)19)10-3-1-9(8-18)2-4-10;9-5-6-1-3-7(4-2-6)8(10)11;8-4-1-2-6(12)5(3-4)7(9,10)11/h1-7H,19H2;1-4,10-11H;1-3H,12H2. The van der Waals surface area contributed by atoms with Crippen LogP contribution in [0.25, 0.3) is 11.1 Å². The smallest absolute Gasteiger partial charge is 0.423 e. The van der Waals surface area contributed by atoms with Crippen LogP contribution in [0.2, 0.25) is 0 Å². The van der Waals surface area contributed by atoms with Gasteiger partial charge in [-0.2, -0.15) is 36.9 Å². The Labute approximate surface area is 245 Å². The molecule has 6 nitrogen and oxygen atoms in total. The van der Waals surface area contributed by atoms with Gasteiger partial charge < -0.3 is 21.5 Å². The van der Waals surface area contributed by atoms with E-state index in [1.54, 1.807) is 24.3 Å². The molecule has 4 rings (SSSR count). The van der Waals surface area contributed by atoms with E-state index in [4.69, 9.17) is 32.0 Å². The highest BCUT2D eigenvalue weighted by Crippen LogP contribution is 2.36. The van der Waals surface area contributed by atoms with Gasteiger partial charge in [-0.3, -0.25) is 0 Å². The van der Waals surface area contributed by atoms with Gasteiger partial charge in [-0.25, -0.2) is 0 Å². The van der Waals surface area contributed by atoms with Crippen LogP contribution in [0.3, 0.4) is 0 Å². The maximum atomic E-state index is 12.7. The lowest BCUT2D eigenvalue weighted by Crippen LogP contribution is -2.29. The Morgan fingerprint density at radius 2 is 1.02 bits per heavy atom. The van der Waals surface area contributed by atoms with E-state index in [1.165, 1.54) is 48.5 Å². The number of hydrogen-bond acceptors (Lipinski definition) is 6. The molecule has 6 N–H and O–H groups in total. The first kappa shape index (κ1) is 33.7. The van der Waals surface area contributed by atoms with Gasteiger partial charge in [0.25, 0.3) is 0 Å². The van der Waals surface area contributed by atoms with Crippen LogP contribution in [0.4, 0.5) is 37.7 Å². The van der Waals surface area contributed by atoms with E-state index >= 15 is 0 Å². The van der Waals surface area contributed by atoms with Crippen molar-refractivity contribution in [2.24, 2.45) is 0 Å². The van der Waals surface area contributed by atoms with Crippen LogP contribution in [-0.4, -0.2) is 17.2 Å². The van der Waals surface area contributed by atoms with Gasteiger partial charge in [-0.05, 0) is 71.2 Å². The normalized spacial score (nSPS) is 10.6. The molecule has 0 aliphatic carbocycles. The molecule has 4 aromatic rings. The van der Waals surface area contributed by atoms with E-state index in [2.05, 4.69) is 15.9 Å². The molecular weight excluding hydrogens is 629 g/mol. The molecule has 0 unspecified atom stereocenters. The Bertz CT molecular complexity index is 1580. The van der Waals surface area contributed by atoms with Crippen molar-refractivity contribution in [3.63, 3.8) is 0 Å². The molecule has 0 fully saturated rings. The Morgan fingerprint density at radius 3 is 1.43 bits per heavy atom. The molecule has 0 aromatic heterocycles. The minimum atomic E-state index is -4.48. The Hall–Kier alpha value is -4.50. The Kier molecular flexibility index (Phi) is 11.6. The van der Waals surface area contributed by atoms with Gasteiger partial charge >= 0.3 is 19.5 Å². The fourth-order valence-corrected chi connectivity index (χ4v) is 3.58. The molecule has 4 aromatic carbocycles. The van der Waals surface area contributed by atoms with E-state index in [0.717, 1.165) is 12.1 Å². The zero-order chi connectivity index (χ0) is 31.7. The fourth-order valence-electron chi connectivity index (χ4n) is 3.22. The Balaban J connectivity index is 0.000000233. The first-order chi connectivity index (χ1) is 19.6. The second kappa shape index (κ2) is 14.4. The summed E-state index contributed by atoms with van der Waals surface area (Å²) in [6.07, 6.45) is -8.86. The van der Waals surface area contributed by atoms with Crippen LogP contribution in [0.1, 0.15) is 22.3 Å². The van der Waals surface area contributed by atoms with E-state index in [1.807, 2.05) is 12.1 Å². The third kappa shape index (κ3) is 9.85. The summed E-state index contributed by atoms with van der Waals surface area (Å²) in [5.41, 5.74) is 10.6. The summed E-state index contributed by atoms with van der Waals surface area (Å²) in [6, 6.07) is 23.7. The van der Waals surface area contributed by atoms with Crippen molar-refractivity contribution in [3.8, 4) is 23.3 Å². The zero-order valence-corrected chi connectivity index (χ0v) is 22.8. The molecule has 0 aliphatic rings. The zero-order valence-electron chi connectivity index (χ0n) is 21.2. The SMILES string of the molecule is N#Cc1ccc(-c2ccc(N)c(C(F)(F)F)c2)cc1.N#Cc1ccc(B(O)O)cc1.Nc1ccc(Br)cc1C(F)(F)F. The number of halogens is 7. The second-order valence-electron chi connectivity index (χ2n) is 8.33. The predicted molar refractivity (Wildman–Crippen MR) is 151 cm³/mol. The number of benzene rings is 4. The first-order valence-corrected chi connectivity index (χ1v) is 12.3. The monoisotopic (exact) mass is 648 g/mol. The van der Waals surface area contributed by atoms with Crippen molar-refractivity contribution in [2.45, 2.75) is 12.4 Å². The maximum Gasteiger partial charge on any atom is 0.488 e. The summed E-state index contributed by atoms with van der Waals surface area (Å²) in [7, 11) is -1.46. The summed E-state index contributed by atoms with van der Waals surface area (Å²) in [6.45, 7) is 0. The molecule has 0 radical (unpaired) electrons.